The maximum atomic E-state index is 11.6. The molecule has 0 bridgehead atoms. The number of hydrogen-bond acceptors (Lipinski definition) is 4. The van der Waals surface area contributed by atoms with Gasteiger partial charge in [-0.1, -0.05) is 18.2 Å². The molecule has 0 saturated heterocycles. The summed E-state index contributed by atoms with van der Waals surface area (Å²) in [5.74, 6) is -0.156. The molecule has 0 saturated carbocycles. The molecule has 0 radical (unpaired) electrons. The molecule has 1 N–H and O–H groups in total. The average Bonchev–Trinajstić information content (AvgIpc) is 2.47. The molecule has 1 aromatic heterocycles. The van der Waals surface area contributed by atoms with Crippen molar-refractivity contribution in [1.82, 2.24) is 0 Å². The highest BCUT2D eigenvalue weighted by Gasteiger charge is 2.12. The molecule has 0 atom stereocenters. The highest BCUT2D eigenvalue weighted by atomic mass is 16.5. The van der Waals surface area contributed by atoms with Crippen molar-refractivity contribution in [3.8, 4) is 11.5 Å². The molecule has 2 aromatic carbocycles. The molecular formula is C16H10O5. The van der Waals surface area contributed by atoms with Gasteiger partial charge in [0.25, 0.3) is 0 Å². The molecule has 0 aliphatic carbocycles. The first-order valence-corrected chi connectivity index (χ1v) is 6.17. The number of ether oxygens (including phenoxy) is 1. The lowest BCUT2D eigenvalue weighted by Gasteiger charge is -2.06. The van der Waals surface area contributed by atoms with Crippen LogP contribution in [0.25, 0.3) is 11.0 Å². The zero-order valence-electron chi connectivity index (χ0n) is 10.8. The van der Waals surface area contributed by atoms with Gasteiger partial charge >= 0.3 is 11.6 Å². The molecule has 0 fully saturated rings. The van der Waals surface area contributed by atoms with E-state index in [-0.39, 0.29) is 11.1 Å². The standard InChI is InChI=1S/C16H10O5/c17-15(18)13-8-10-6-7-12(9-14(10)21-16(13)19)20-11-4-2-1-3-5-11/h1-9H,(H,17,18). The Morgan fingerprint density at radius 1 is 1.00 bits per heavy atom. The summed E-state index contributed by atoms with van der Waals surface area (Å²) in [6.45, 7) is 0. The first-order chi connectivity index (χ1) is 10.1. The Morgan fingerprint density at radius 2 is 1.76 bits per heavy atom. The SMILES string of the molecule is O=C(O)c1cc2ccc(Oc3ccccc3)cc2oc1=O. The second-order valence-corrected chi connectivity index (χ2v) is 4.37. The zero-order chi connectivity index (χ0) is 14.8. The van der Waals surface area contributed by atoms with Crippen molar-refractivity contribution in [2.24, 2.45) is 0 Å². The smallest absolute Gasteiger partial charge is 0.351 e. The molecular weight excluding hydrogens is 272 g/mol. The van der Waals surface area contributed by atoms with E-state index in [9.17, 15) is 9.59 Å². The fraction of sp³-hybridized carbons (Fsp3) is 0. The minimum Gasteiger partial charge on any atom is -0.477 e. The van der Waals surface area contributed by atoms with Crippen molar-refractivity contribution >= 4 is 16.9 Å². The lowest BCUT2D eigenvalue weighted by atomic mass is 10.2. The predicted molar refractivity (Wildman–Crippen MR) is 76.0 cm³/mol. The molecule has 0 spiro atoms. The second kappa shape index (κ2) is 5.13. The van der Waals surface area contributed by atoms with Crippen molar-refractivity contribution < 1.29 is 19.1 Å². The fourth-order valence-electron chi connectivity index (χ4n) is 1.93. The normalized spacial score (nSPS) is 10.5. The third kappa shape index (κ3) is 2.62. The van der Waals surface area contributed by atoms with Crippen LogP contribution in [0, 0.1) is 0 Å². The fourth-order valence-corrected chi connectivity index (χ4v) is 1.93. The van der Waals surface area contributed by atoms with Gasteiger partial charge in [0.15, 0.2) is 0 Å². The number of fused-ring (bicyclic) bond motifs is 1. The molecule has 0 aliphatic heterocycles. The van der Waals surface area contributed by atoms with E-state index in [1.54, 1.807) is 30.3 Å². The highest BCUT2D eigenvalue weighted by molar-refractivity contribution is 5.91. The molecule has 3 aromatic rings. The summed E-state index contributed by atoms with van der Waals surface area (Å²) in [6.07, 6.45) is 0. The molecule has 5 nitrogen and oxygen atoms in total. The zero-order valence-corrected chi connectivity index (χ0v) is 10.8. The largest absolute Gasteiger partial charge is 0.477 e. The Morgan fingerprint density at radius 3 is 2.48 bits per heavy atom. The van der Waals surface area contributed by atoms with E-state index in [4.69, 9.17) is 14.3 Å². The first-order valence-electron chi connectivity index (χ1n) is 6.17. The van der Waals surface area contributed by atoms with Crippen molar-refractivity contribution in [1.29, 1.82) is 0 Å². The molecule has 0 aliphatic rings. The van der Waals surface area contributed by atoms with Crippen molar-refractivity contribution in [3.05, 3.63) is 70.6 Å². The number of carbonyl (C=O) groups is 1. The maximum Gasteiger partial charge on any atom is 0.351 e. The van der Waals surface area contributed by atoms with E-state index in [1.807, 2.05) is 18.2 Å². The Balaban J connectivity index is 2.03. The van der Waals surface area contributed by atoms with Crippen molar-refractivity contribution in [2.75, 3.05) is 0 Å². The molecule has 0 amide bonds. The summed E-state index contributed by atoms with van der Waals surface area (Å²) in [7, 11) is 0. The van der Waals surface area contributed by atoms with Crippen LogP contribution in [-0.2, 0) is 0 Å². The van der Waals surface area contributed by atoms with E-state index in [2.05, 4.69) is 0 Å². The average molecular weight is 282 g/mol. The van der Waals surface area contributed by atoms with Gasteiger partial charge in [-0.3, -0.25) is 0 Å². The molecule has 1 heterocycles. The number of para-hydroxylation sites is 1. The van der Waals surface area contributed by atoms with Gasteiger partial charge in [-0.15, -0.1) is 0 Å². The van der Waals surface area contributed by atoms with Gasteiger partial charge < -0.3 is 14.3 Å². The summed E-state index contributed by atoms with van der Waals surface area (Å²) in [4.78, 5) is 22.4. The molecule has 3 rings (SSSR count). The lowest BCUT2D eigenvalue weighted by molar-refractivity contribution is 0.0692. The monoisotopic (exact) mass is 282 g/mol. The van der Waals surface area contributed by atoms with Gasteiger partial charge in [-0.25, -0.2) is 9.59 Å². The van der Waals surface area contributed by atoms with Crippen molar-refractivity contribution in [2.45, 2.75) is 0 Å². The van der Waals surface area contributed by atoms with Gasteiger partial charge in [0.2, 0.25) is 0 Å². The number of aromatic carboxylic acids is 1. The Kier molecular flexibility index (Phi) is 3.16. The maximum absolute atomic E-state index is 11.6. The number of benzene rings is 2. The van der Waals surface area contributed by atoms with Crippen LogP contribution in [0.15, 0.2) is 63.8 Å². The number of carboxylic acid groups (broad SMARTS) is 1. The van der Waals surface area contributed by atoms with Crippen LogP contribution in [0.5, 0.6) is 11.5 Å². The van der Waals surface area contributed by atoms with Gasteiger partial charge in [0.05, 0.1) is 0 Å². The summed E-state index contributed by atoms with van der Waals surface area (Å²) < 4.78 is 10.6. The van der Waals surface area contributed by atoms with Crippen LogP contribution >= 0.6 is 0 Å². The number of rotatable bonds is 3. The van der Waals surface area contributed by atoms with Crippen LogP contribution in [-0.4, -0.2) is 11.1 Å². The first kappa shape index (κ1) is 12.9. The van der Waals surface area contributed by atoms with Crippen LogP contribution in [0.1, 0.15) is 10.4 Å². The van der Waals surface area contributed by atoms with Gasteiger partial charge in [0.1, 0.15) is 22.6 Å². The van der Waals surface area contributed by atoms with Gasteiger partial charge in [-0.2, -0.15) is 0 Å². The Bertz CT molecular complexity index is 865. The van der Waals surface area contributed by atoms with Gasteiger partial charge in [-0.05, 0) is 30.3 Å². The van der Waals surface area contributed by atoms with E-state index in [0.717, 1.165) is 0 Å². The Labute approximate surface area is 119 Å². The number of carboxylic acids is 1. The lowest BCUT2D eigenvalue weighted by Crippen LogP contribution is -2.12. The molecule has 5 heteroatoms. The minimum atomic E-state index is -1.31. The summed E-state index contributed by atoms with van der Waals surface area (Å²) in [6, 6.07) is 15.3. The third-order valence-electron chi connectivity index (χ3n) is 2.92. The quantitative estimate of drug-likeness (QED) is 0.746. The third-order valence-corrected chi connectivity index (χ3v) is 2.92. The molecule has 104 valence electrons. The molecule has 0 unspecified atom stereocenters. The topological polar surface area (TPSA) is 76.7 Å². The van der Waals surface area contributed by atoms with E-state index >= 15 is 0 Å². The van der Waals surface area contributed by atoms with E-state index in [1.165, 1.54) is 6.07 Å². The molecule has 21 heavy (non-hydrogen) atoms. The van der Waals surface area contributed by atoms with Crippen LogP contribution in [0.4, 0.5) is 0 Å². The number of hydrogen-bond donors (Lipinski definition) is 1. The summed E-state index contributed by atoms with van der Waals surface area (Å²) >= 11 is 0. The van der Waals surface area contributed by atoms with Gasteiger partial charge in [0, 0.05) is 11.5 Å². The second-order valence-electron chi connectivity index (χ2n) is 4.37. The predicted octanol–water partition coefficient (Wildman–Crippen LogP) is 3.28. The van der Waals surface area contributed by atoms with Crippen LogP contribution < -0.4 is 10.4 Å². The van der Waals surface area contributed by atoms with E-state index in [0.29, 0.717) is 16.9 Å². The van der Waals surface area contributed by atoms with Crippen LogP contribution in [0.2, 0.25) is 0 Å². The highest BCUT2D eigenvalue weighted by Crippen LogP contribution is 2.25. The van der Waals surface area contributed by atoms with E-state index < -0.39 is 11.6 Å². The minimum absolute atomic E-state index is 0.276. The summed E-state index contributed by atoms with van der Waals surface area (Å²) in [5.41, 5.74) is -0.996. The van der Waals surface area contributed by atoms with Crippen molar-refractivity contribution in [3.63, 3.8) is 0 Å². The summed E-state index contributed by atoms with van der Waals surface area (Å²) in [5, 5.41) is 9.41. The van der Waals surface area contributed by atoms with Crippen LogP contribution in [0.3, 0.4) is 0 Å². The Hall–Kier alpha value is -3.08.